The number of halogens is 2. The fraction of sp³-hybridized carbons (Fsp3) is 0.0625. The highest BCUT2D eigenvalue weighted by molar-refractivity contribution is 9.10. The van der Waals surface area contributed by atoms with Gasteiger partial charge >= 0.3 is 0 Å². The molecule has 106 valence electrons. The predicted molar refractivity (Wildman–Crippen MR) is 87.4 cm³/mol. The number of rotatable bonds is 3. The van der Waals surface area contributed by atoms with Crippen molar-refractivity contribution in [2.75, 3.05) is 7.11 Å². The minimum atomic E-state index is -0.124. The van der Waals surface area contributed by atoms with Gasteiger partial charge < -0.3 is 9.72 Å². The Kier molecular flexibility index (Phi) is 3.74. The van der Waals surface area contributed by atoms with Crippen molar-refractivity contribution >= 4 is 44.2 Å². The highest BCUT2D eigenvalue weighted by Crippen LogP contribution is 2.28. The summed E-state index contributed by atoms with van der Waals surface area (Å²) in [6, 6.07) is 10.8. The van der Waals surface area contributed by atoms with Gasteiger partial charge in [0.1, 0.15) is 5.75 Å². The standard InChI is InChI=1S/C16H11BrClNO2/c1-21-10-3-5-15-11(7-10)13(8-19-15)16(20)12-6-9(17)2-4-14(12)18/h2-8,19H,1H3. The van der Waals surface area contributed by atoms with Gasteiger partial charge in [0.15, 0.2) is 5.78 Å². The molecule has 0 fully saturated rings. The summed E-state index contributed by atoms with van der Waals surface area (Å²) in [6.45, 7) is 0. The SMILES string of the molecule is COc1ccc2[nH]cc(C(=O)c3cc(Br)ccc3Cl)c2c1. The summed E-state index contributed by atoms with van der Waals surface area (Å²) in [5, 5.41) is 1.25. The number of aromatic nitrogens is 1. The molecule has 3 nitrogen and oxygen atoms in total. The molecule has 0 aliphatic carbocycles. The molecule has 5 heteroatoms. The van der Waals surface area contributed by atoms with Gasteiger partial charge in [-0.15, -0.1) is 0 Å². The molecular formula is C16H11BrClNO2. The number of fused-ring (bicyclic) bond motifs is 1. The smallest absolute Gasteiger partial charge is 0.196 e. The molecule has 1 N–H and O–H groups in total. The Morgan fingerprint density at radius 2 is 2.00 bits per heavy atom. The summed E-state index contributed by atoms with van der Waals surface area (Å²) in [5.41, 5.74) is 1.92. The summed E-state index contributed by atoms with van der Waals surface area (Å²) in [7, 11) is 1.60. The number of hydrogen-bond donors (Lipinski definition) is 1. The number of carbonyl (C=O) groups is 1. The minimum Gasteiger partial charge on any atom is -0.497 e. The van der Waals surface area contributed by atoms with Crippen molar-refractivity contribution < 1.29 is 9.53 Å². The van der Waals surface area contributed by atoms with E-state index in [9.17, 15) is 4.79 Å². The third-order valence-corrected chi connectivity index (χ3v) is 4.13. The molecule has 0 atom stereocenters. The van der Waals surface area contributed by atoms with Crippen molar-refractivity contribution in [3.8, 4) is 5.75 Å². The van der Waals surface area contributed by atoms with E-state index < -0.39 is 0 Å². The van der Waals surface area contributed by atoms with Gasteiger partial charge in [-0.2, -0.15) is 0 Å². The summed E-state index contributed by atoms with van der Waals surface area (Å²) in [6.07, 6.45) is 1.70. The van der Waals surface area contributed by atoms with Crippen LogP contribution >= 0.6 is 27.5 Å². The average molecular weight is 365 g/mol. The van der Waals surface area contributed by atoms with Crippen LogP contribution in [0.3, 0.4) is 0 Å². The molecule has 0 aliphatic rings. The van der Waals surface area contributed by atoms with Crippen LogP contribution in [0.25, 0.3) is 10.9 Å². The van der Waals surface area contributed by atoms with Crippen molar-refractivity contribution in [1.29, 1.82) is 0 Å². The first-order chi connectivity index (χ1) is 10.1. The van der Waals surface area contributed by atoms with E-state index in [4.69, 9.17) is 16.3 Å². The third kappa shape index (κ3) is 2.57. The third-order valence-electron chi connectivity index (χ3n) is 3.31. The first kappa shape index (κ1) is 14.2. The summed E-state index contributed by atoms with van der Waals surface area (Å²) in [4.78, 5) is 15.8. The summed E-state index contributed by atoms with van der Waals surface area (Å²) >= 11 is 9.50. The first-order valence-corrected chi connectivity index (χ1v) is 7.42. The van der Waals surface area contributed by atoms with E-state index in [1.54, 1.807) is 31.5 Å². The average Bonchev–Trinajstić information content (AvgIpc) is 2.91. The zero-order chi connectivity index (χ0) is 15.0. The monoisotopic (exact) mass is 363 g/mol. The zero-order valence-electron chi connectivity index (χ0n) is 11.1. The van der Waals surface area contributed by atoms with Crippen molar-refractivity contribution in [3.05, 3.63) is 63.2 Å². The van der Waals surface area contributed by atoms with E-state index in [-0.39, 0.29) is 5.78 Å². The van der Waals surface area contributed by atoms with E-state index >= 15 is 0 Å². The lowest BCUT2D eigenvalue weighted by molar-refractivity contribution is 0.104. The van der Waals surface area contributed by atoms with Gasteiger partial charge in [-0.25, -0.2) is 0 Å². The second-order valence-electron chi connectivity index (χ2n) is 4.57. The van der Waals surface area contributed by atoms with Gasteiger partial charge in [0, 0.05) is 32.7 Å². The van der Waals surface area contributed by atoms with Gasteiger partial charge in [0.25, 0.3) is 0 Å². The molecule has 0 saturated heterocycles. The Labute approximate surface area is 135 Å². The molecule has 0 unspecified atom stereocenters. The van der Waals surface area contributed by atoms with Gasteiger partial charge in [0.05, 0.1) is 12.1 Å². The number of benzene rings is 2. The topological polar surface area (TPSA) is 42.1 Å². The van der Waals surface area contributed by atoms with Crippen LogP contribution in [0.15, 0.2) is 47.1 Å². The molecule has 0 aliphatic heterocycles. The molecule has 1 heterocycles. The molecule has 0 bridgehead atoms. The molecule has 2 aromatic carbocycles. The highest BCUT2D eigenvalue weighted by atomic mass is 79.9. The normalized spacial score (nSPS) is 10.8. The van der Waals surface area contributed by atoms with Gasteiger partial charge in [-0.05, 0) is 36.4 Å². The maximum atomic E-state index is 12.7. The predicted octanol–water partition coefficient (Wildman–Crippen LogP) is 4.82. The van der Waals surface area contributed by atoms with Crippen LogP contribution in [-0.2, 0) is 0 Å². The molecule has 0 radical (unpaired) electrons. The summed E-state index contributed by atoms with van der Waals surface area (Å²) in [5.74, 6) is 0.581. The van der Waals surface area contributed by atoms with Crippen LogP contribution < -0.4 is 4.74 Å². The number of aromatic amines is 1. The second kappa shape index (κ2) is 5.54. The van der Waals surface area contributed by atoms with Crippen LogP contribution in [0.2, 0.25) is 5.02 Å². The zero-order valence-corrected chi connectivity index (χ0v) is 13.5. The largest absolute Gasteiger partial charge is 0.497 e. The maximum Gasteiger partial charge on any atom is 0.196 e. The van der Waals surface area contributed by atoms with Crippen molar-refractivity contribution in [2.24, 2.45) is 0 Å². The fourth-order valence-corrected chi connectivity index (χ4v) is 2.80. The van der Waals surface area contributed by atoms with Gasteiger partial charge in [-0.1, -0.05) is 27.5 Å². The van der Waals surface area contributed by atoms with Crippen molar-refractivity contribution in [2.45, 2.75) is 0 Å². The van der Waals surface area contributed by atoms with E-state index in [0.717, 1.165) is 15.4 Å². The van der Waals surface area contributed by atoms with Crippen LogP contribution in [0.5, 0.6) is 5.75 Å². The number of hydrogen-bond acceptors (Lipinski definition) is 2. The molecule has 0 saturated carbocycles. The lowest BCUT2D eigenvalue weighted by atomic mass is 10.0. The number of methoxy groups -OCH3 is 1. The van der Waals surface area contributed by atoms with Crippen molar-refractivity contribution in [1.82, 2.24) is 4.98 Å². The maximum absolute atomic E-state index is 12.7. The molecule has 0 spiro atoms. The van der Waals surface area contributed by atoms with E-state index in [2.05, 4.69) is 20.9 Å². The molecule has 0 amide bonds. The Morgan fingerprint density at radius 3 is 2.76 bits per heavy atom. The van der Waals surface area contributed by atoms with Crippen LogP contribution in [0.1, 0.15) is 15.9 Å². The van der Waals surface area contributed by atoms with Gasteiger partial charge in [-0.3, -0.25) is 4.79 Å². The molecule has 3 aromatic rings. The Hall–Kier alpha value is -1.78. The Bertz CT molecular complexity index is 841. The first-order valence-electron chi connectivity index (χ1n) is 6.25. The fourth-order valence-electron chi connectivity index (χ4n) is 2.23. The molecule has 1 aromatic heterocycles. The minimum absolute atomic E-state index is 0.124. The van der Waals surface area contributed by atoms with Crippen LogP contribution in [0.4, 0.5) is 0 Å². The van der Waals surface area contributed by atoms with Crippen LogP contribution in [0, 0.1) is 0 Å². The Balaban J connectivity index is 2.15. The summed E-state index contributed by atoms with van der Waals surface area (Å²) < 4.78 is 6.03. The lowest BCUT2D eigenvalue weighted by Crippen LogP contribution is -2.01. The number of ketones is 1. The van der Waals surface area contributed by atoms with E-state index in [1.165, 1.54) is 0 Å². The van der Waals surface area contributed by atoms with E-state index in [1.807, 2.05) is 18.2 Å². The van der Waals surface area contributed by atoms with Crippen molar-refractivity contribution in [3.63, 3.8) is 0 Å². The number of carbonyl (C=O) groups excluding carboxylic acids is 1. The molecule has 21 heavy (non-hydrogen) atoms. The van der Waals surface area contributed by atoms with E-state index in [0.29, 0.717) is 21.9 Å². The lowest BCUT2D eigenvalue weighted by Gasteiger charge is -2.04. The quantitative estimate of drug-likeness (QED) is 0.677. The highest BCUT2D eigenvalue weighted by Gasteiger charge is 2.17. The number of nitrogens with one attached hydrogen (secondary N) is 1. The Morgan fingerprint density at radius 1 is 1.19 bits per heavy atom. The number of ether oxygens (including phenoxy) is 1. The number of H-pyrrole nitrogens is 1. The van der Waals surface area contributed by atoms with Gasteiger partial charge in [0.2, 0.25) is 0 Å². The molecule has 3 rings (SSSR count). The van der Waals surface area contributed by atoms with Crippen LogP contribution in [-0.4, -0.2) is 17.9 Å². The molecular weight excluding hydrogens is 354 g/mol. The second-order valence-corrected chi connectivity index (χ2v) is 5.89.